The van der Waals surface area contributed by atoms with E-state index in [1.807, 2.05) is 0 Å². The molecule has 0 aliphatic carbocycles. The zero-order valence-electron chi connectivity index (χ0n) is 7.27. The number of carbonyl (C=O) groups excluding carboxylic acids is 1. The molecule has 1 fully saturated rings. The van der Waals surface area contributed by atoms with Crippen molar-refractivity contribution < 1.29 is 19.8 Å². The smallest absolute Gasteiger partial charge is 0.394 e. The Morgan fingerprint density at radius 2 is 2.15 bits per heavy atom. The van der Waals surface area contributed by atoms with Gasteiger partial charge in [-0.25, -0.2) is 4.79 Å². The first kappa shape index (κ1) is 9.98. The quantitative estimate of drug-likeness (QED) is 0.560. The van der Waals surface area contributed by atoms with E-state index in [-0.39, 0.29) is 12.5 Å². The molecule has 5 nitrogen and oxygen atoms in total. The van der Waals surface area contributed by atoms with Gasteiger partial charge in [-0.05, 0) is 18.8 Å². The highest BCUT2D eigenvalue weighted by molar-refractivity contribution is 6.31. The van der Waals surface area contributed by atoms with E-state index >= 15 is 0 Å². The molecule has 0 saturated carbocycles. The van der Waals surface area contributed by atoms with Crippen LogP contribution in [0.1, 0.15) is 12.8 Å². The Labute approximate surface area is 76.0 Å². The second-order valence-electron chi connectivity index (χ2n) is 3.22. The fourth-order valence-corrected chi connectivity index (χ4v) is 1.57. The van der Waals surface area contributed by atoms with Gasteiger partial charge in [-0.2, -0.15) is 0 Å². The van der Waals surface area contributed by atoms with E-state index in [4.69, 9.17) is 10.2 Å². The van der Waals surface area contributed by atoms with Gasteiger partial charge < -0.3 is 15.1 Å². The minimum Gasteiger partial charge on any atom is -0.474 e. The van der Waals surface area contributed by atoms with Gasteiger partial charge in [-0.15, -0.1) is 0 Å². The summed E-state index contributed by atoms with van der Waals surface area (Å²) in [6, 6.07) is 0. The zero-order valence-corrected chi connectivity index (χ0v) is 7.27. The molecule has 1 unspecified atom stereocenters. The van der Waals surface area contributed by atoms with Crippen molar-refractivity contribution in [2.24, 2.45) is 5.92 Å². The van der Waals surface area contributed by atoms with Crippen LogP contribution >= 0.6 is 0 Å². The Balaban J connectivity index is 2.40. The summed E-state index contributed by atoms with van der Waals surface area (Å²) in [5, 5.41) is 17.1. The molecule has 1 aliphatic rings. The third kappa shape index (κ3) is 2.42. The van der Waals surface area contributed by atoms with Gasteiger partial charge in [0, 0.05) is 19.7 Å². The maximum atomic E-state index is 11.0. The minimum atomic E-state index is -1.40. The Hall–Kier alpha value is -1.10. The van der Waals surface area contributed by atoms with Crippen LogP contribution in [0.4, 0.5) is 0 Å². The monoisotopic (exact) mass is 187 g/mol. The lowest BCUT2D eigenvalue weighted by Crippen LogP contribution is -2.34. The van der Waals surface area contributed by atoms with Crippen LogP contribution in [0.5, 0.6) is 0 Å². The normalized spacial score (nSPS) is 21.9. The molecule has 13 heavy (non-hydrogen) atoms. The standard InChI is InChI=1S/C8H13NO4/c10-4-2-6-1-3-9(5-6)7(11)8(12)13/h6,10H,1-5H2,(H,12,13). The molecule has 0 spiro atoms. The van der Waals surface area contributed by atoms with Crippen molar-refractivity contribution in [2.75, 3.05) is 19.7 Å². The van der Waals surface area contributed by atoms with Gasteiger partial charge in [0.25, 0.3) is 0 Å². The molecule has 1 atom stereocenters. The largest absolute Gasteiger partial charge is 0.474 e. The summed E-state index contributed by atoms with van der Waals surface area (Å²) in [6.45, 7) is 1.06. The maximum absolute atomic E-state index is 11.0. The number of aliphatic carboxylic acids is 1. The van der Waals surface area contributed by atoms with Gasteiger partial charge in [0.15, 0.2) is 0 Å². The van der Waals surface area contributed by atoms with Crippen molar-refractivity contribution >= 4 is 11.9 Å². The van der Waals surface area contributed by atoms with Crippen molar-refractivity contribution in [1.82, 2.24) is 4.90 Å². The van der Waals surface area contributed by atoms with Crippen LogP contribution < -0.4 is 0 Å². The lowest BCUT2D eigenvalue weighted by Gasteiger charge is -2.12. The van der Waals surface area contributed by atoms with Crippen molar-refractivity contribution in [1.29, 1.82) is 0 Å². The number of carbonyl (C=O) groups is 2. The Morgan fingerprint density at radius 1 is 1.46 bits per heavy atom. The average molecular weight is 187 g/mol. The van der Waals surface area contributed by atoms with Crippen molar-refractivity contribution in [3.8, 4) is 0 Å². The van der Waals surface area contributed by atoms with Crippen LogP contribution in [0, 0.1) is 5.92 Å². The molecule has 0 radical (unpaired) electrons. The molecule has 5 heteroatoms. The van der Waals surface area contributed by atoms with E-state index in [0.717, 1.165) is 6.42 Å². The minimum absolute atomic E-state index is 0.0970. The van der Waals surface area contributed by atoms with Gasteiger partial charge in [0.05, 0.1) is 0 Å². The Kier molecular flexibility index (Phi) is 3.25. The van der Waals surface area contributed by atoms with Crippen molar-refractivity contribution in [3.05, 3.63) is 0 Å². The lowest BCUT2D eigenvalue weighted by molar-refractivity contribution is -0.155. The number of carboxylic acids is 1. The first-order chi connectivity index (χ1) is 6.15. The number of hydrogen-bond donors (Lipinski definition) is 2. The number of hydrogen-bond acceptors (Lipinski definition) is 3. The van der Waals surface area contributed by atoms with Crippen LogP contribution in [0.3, 0.4) is 0 Å². The first-order valence-electron chi connectivity index (χ1n) is 4.28. The van der Waals surface area contributed by atoms with E-state index in [2.05, 4.69) is 0 Å². The van der Waals surface area contributed by atoms with Gasteiger partial charge in [0.1, 0.15) is 0 Å². The summed E-state index contributed by atoms with van der Waals surface area (Å²) in [5.74, 6) is -1.97. The van der Waals surface area contributed by atoms with E-state index in [9.17, 15) is 9.59 Å². The third-order valence-corrected chi connectivity index (χ3v) is 2.29. The van der Waals surface area contributed by atoms with Gasteiger partial charge in [0.2, 0.25) is 0 Å². The number of likely N-dealkylation sites (tertiary alicyclic amines) is 1. The topological polar surface area (TPSA) is 77.8 Å². The van der Waals surface area contributed by atoms with Crippen LogP contribution in [0.25, 0.3) is 0 Å². The molecule has 1 amide bonds. The molecule has 1 aliphatic heterocycles. The number of rotatable bonds is 2. The molecule has 0 aromatic heterocycles. The summed E-state index contributed by atoms with van der Waals surface area (Å²) < 4.78 is 0. The maximum Gasteiger partial charge on any atom is 0.394 e. The zero-order chi connectivity index (χ0) is 9.84. The summed E-state index contributed by atoms with van der Waals surface area (Å²) in [4.78, 5) is 22.6. The third-order valence-electron chi connectivity index (χ3n) is 2.29. The highest BCUT2D eigenvalue weighted by atomic mass is 16.4. The highest BCUT2D eigenvalue weighted by Gasteiger charge is 2.29. The summed E-state index contributed by atoms with van der Waals surface area (Å²) >= 11 is 0. The summed E-state index contributed by atoms with van der Waals surface area (Å²) in [7, 11) is 0. The highest BCUT2D eigenvalue weighted by Crippen LogP contribution is 2.18. The summed E-state index contributed by atoms with van der Waals surface area (Å²) in [5.41, 5.74) is 0. The molecule has 2 N–H and O–H groups in total. The fourth-order valence-electron chi connectivity index (χ4n) is 1.57. The molecule has 0 aromatic carbocycles. The van der Waals surface area contributed by atoms with Crippen LogP contribution in [0.15, 0.2) is 0 Å². The van der Waals surface area contributed by atoms with E-state index in [0.29, 0.717) is 19.5 Å². The second-order valence-corrected chi connectivity index (χ2v) is 3.22. The predicted molar refractivity (Wildman–Crippen MR) is 44.0 cm³/mol. The SMILES string of the molecule is O=C(O)C(=O)N1CCC(CCO)C1. The van der Waals surface area contributed by atoms with Crippen molar-refractivity contribution in [3.63, 3.8) is 0 Å². The second kappa shape index (κ2) is 4.23. The van der Waals surface area contributed by atoms with Crippen LogP contribution in [0.2, 0.25) is 0 Å². The molecular formula is C8H13NO4. The molecule has 0 bridgehead atoms. The van der Waals surface area contributed by atoms with E-state index in [1.54, 1.807) is 0 Å². The van der Waals surface area contributed by atoms with E-state index in [1.165, 1.54) is 4.90 Å². The van der Waals surface area contributed by atoms with Gasteiger partial charge in [-0.1, -0.05) is 0 Å². The van der Waals surface area contributed by atoms with Crippen LogP contribution in [-0.4, -0.2) is 46.7 Å². The molecule has 1 rings (SSSR count). The number of carboxylic acid groups (broad SMARTS) is 1. The van der Waals surface area contributed by atoms with Gasteiger partial charge in [-0.3, -0.25) is 4.79 Å². The molecule has 0 aromatic rings. The predicted octanol–water partition coefficient (Wildman–Crippen LogP) is -0.698. The van der Waals surface area contributed by atoms with Crippen molar-refractivity contribution in [2.45, 2.75) is 12.8 Å². The van der Waals surface area contributed by atoms with Crippen LogP contribution in [-0.2, 0) is 9.59 Å². The lowest BCUT2D eigenvalue weighted by atomic mass is 10.1. The first-order valence-corrected chi connectivity index (χ1v) is 4.28. The van der Waals surface area contributed by atoms with E-state index < -0.39 is 11.9 Å². The molecule has 1 saturated heterocycles. The molecule has 74 valence electrons. The average Bonchev–Trinajstić information content (AvgIpc) is 2.52. The number of aliphatic hydroxyl groups is 1. The number of nitrogens with zero attached hydrogens (tertiary/aromatic N) is 1. The Bertz CT molecular complexity index is 216. The summed E-state index contributed by atoms with van der Waals surface area (Å²) in [6.07, 6.45) is 1.43. The Morgan fingerprint density at radius 3 is 2.69 bits per heavy atom. The number of aliphatic hydroxyl groups excluding tert-OH is 1. The van der Waals surface area contributed by atoms with Gasteiger partial charge >= 0.3 is 11.9 Å². The molecular weight excluding hydrogens is 174 g/mol. The fraction of sp³-hybridized carbons (Fsp3) is 0.750. The molecule has 1 heterocycles. The number of amides is 1.